The molecule has 1 atom stereocenters. The van der Waals surface area contributed by atoms with Crippen molar-refractivity contribution >= 4 is 0 Å². The summed E-state index contributed by atoms with van der Waals surface area (Å²) in [6, 6.07) is 0.662. The van der Waals surface area contributed by atoms with Gasteiger partial charge in [-0.25, -0.2) is 0 Å². The van der Waals surface area contributed by atoms with E-state index >= 15 is 0 Å². The second-order valence-electron chi connectivity index (χ2n) is 6.91. The normalized spacial score (nSPS) is 29.0. The van der Waals surface area contributed by atoms with E-state index in [1.807, 2.05) is 0 Å². The lowest BCUT2D eigenvalue weighted by Crippen LogP contribution is -2.52. The molecule has 2 heterocycles. The van der Waals surface area contributed by atoms with E-state index in [1.165, 1.54) is 65.0 Å². The summed E-state index contributed by atoms with van der Waals surface area (Å²) in [7, 11) is 2.28. The van der Waals surface area contributed by atoms with E-state index < -0.39 is 0 Å². The first-order chi connectivity index (χ1) is 8.58. The van der Waals surface area contributed by atoms with Crippen LogP contribution in [0.3, 0.4) is 0 Å². The molecule has 0 aromatic heterocycles. The fourth-order valence-corrected chi connectivity index (χ4v) is 3.30. The number of nitrogens with zero attached hydrogens (tertiary/aromatic N) is 2. The molecule has 2 saturated heterocycles. The minimum Gasteiger partial charge on any atom is -0.312 e. The molecule has 0 aromatic carbocycles. The highest BCUT2D eigenvalue weighted by atomic mass is 15.2. The van der Waals surface area contributed by atoms with Crippen molar-refractivity contribution < 1.29 is 0 Å². The van der Waals surface area contributed by atoms with Crippen molar-refractivity contribution in [2.75, 3.05) is 46.3 Å². The van der Waals surface area contributed by atoms with Crippen LogP contribution >= 0.6 is 0 Å². The number of nitrogens with one attached hydrogen (secondary N) is 1. The van der Waals surface area contributed by atoms with Crippen LogP contribution in [0.25, 0.3) is 0 Å². The quantitative estimate of drug-likeness (QED) is 0.806. The van der Waals surface area contributed by atoms with Gasteiger partial charge in [-0.3, -0.25) is 0 Å². The molecule has 106 valence electrons. The summed E-state index contributed by atoms with van der Waals surface area (Å²) >= 11 is 0. The van der Waals surface area contributed by atoms with Crippen LogP contribution in [0, 0.1) is 5.41 Å². The Morgan fingerprint density at radius 1 is 1.22 bits per heavy atom. The van der Waals surface area contributed by atoms with Gasteiger partial charge in [0.15, 0.2) is 0 Å². The average molecular weight is 253 g/mol. The van der Waals surface area contributed by atoms with Crippen LogP contribution in [-0.4, -0.2) is 62.2 Å². The Bertz CT molecular complexity index is 246. The van der Waals surface area contributed by atoms with Crippen molar-refractivity contribution in [3.63, 3.8) is 0 Å². The van der Waals surface area contributed by atoms with Crippen LogP contribution < -0.4 is 5.32 Å². The third-order valence-corrected chi connectivity index (χ3v) is 4.82. The maximum Gasteiger partial charge on any atom is 0.0245 e. The lowest BCUT2D eigenvalue weighted by molar-refractivity contribution is 0.133. The Morgan fingerprint density at radius 3 is 2.61 bits per heavy atom. The van der Waals surface area contributed by atoms with Gasteiger partial charge in [0.05, 0.1) is 0 Å². The van der Waals surface area contributed by atoms with E-state index in [0.717, 1.165) is 0 Å². The first-order valence-corrected chi connectivity index (χ1v) is 7.72. The zero-order valence-corrected chi connectivity index (χ0v) is 12.5. The van der Waals surface area contributed by atoms with E-state index in [2.05, 4.69) is 36.0 Å². The molecule has 0 bridgehead atoms. The lowest BCUT2D eigenvalue weighted by Gasteiger charge is -2.41. The molecule has 0 aliphatic carbocycles. The summed E-state index contributed by atoms with van der Waals surface area (Å²) in [6.07, 6.45) is 5.51. The van der Waals surface area contributed by atoms with Crippen molar-refractivity contribution in [2.45, 2.75) is 45.6 Å². The zero-order chi connectivity index (χ0) is 13.0. The molecule has 2 rings (SSSR count). The highest BCUT2D eigenvalue weighted by molar-refractivity contribution is 4.89. The van der Waals surface area contributed by atoms with Crippen LogP contribution in [0.1, 0.15) is 39.5 Å². The van der Waals surface area contributed by atoms with Crippen LogP contribution in [0.2, 0.25) is 0 Å². The topological polar surface area (TPSA) is 18.5 Å². The smallest absolute Gasteiger partial charge is 0.0245 e. The molecular formula is C15H31N3. The highest BCUT2D eigenvalue weighted by Crippen LogP contribution is 2.30. The molecule has 3 heteroatoms. The maximum atomic E-state index is 3.71. The Kier molecular flexibility index (Phi) is 5.05. The second-order valence-corrected chi connectivity index (χ2v) is 6.91. The number of likely N-dealkylation sites (N-methyl/N-ethyl adjacent to an activating group) is 1. The number of hydrogen-bond acceptors (Lipinski definition) is 3. The Morgan fingerprint density at radius 2 is 1.94 bits per heavy atom. The molecule has 3 nitrogen and oxygen atoms in total. The van der Waals surface area contributed by atoms with E-state index in [-0.39, 0.29) is 0 Å². The van der Waals surface area contributed by atoms with Crippen LogP contribution in [0.15, 0.2) is 0 Å². The second kappa shape index (κ2) is 6.36. The fourth-order valence-electron chi connectivity index (χ4n) is 3.30. The van der Waals surface area contributed by atoms with E-state index in [1.54, 1.807) is 0 Å². The van der Waals surface area contributed by atoms with Gasteiger partial charge in [0, 0.05) is 25.7 Å². The van der Waals surface area contributed by atoms with E-state index in [0.29, 0.717) is 11.5 Å². The molecule has 0 amide bonds. The van der Waals surface area contributed by atoms with Crippen molar-refractivity contribution in [1.29, 1.82) is 0 Å². The van der Waals surface area contributed by atoms with Gasteiger partial charge < -0.3 is 15.1 Å². The lowest BCUT2D eigenvalue weighted by atomic mass is 9.77. The number of hydrogen-bond donors (Lipinski definition) is 1. The largest absolute Gasteiger partial charge is 0.312 e. The van der Waals surface area contributed by atoms with Gasteiger partial charge in [-0.05, 0) is 57.8 Å². The molecule has 0 aromatic rings. The van der Waals surface area contributed by atoms with Gasteiger partial charge in [-0.1, -0.05) is 13.8 Å². The summed E-state index contributed by atoms with van der Waals surface area (Å²) < 4.78 is 0. The van der Waals surface area contributed by atoms with Crippen molar-refractivity contribution in [3.05, 3.63) is 0 Å². The summed E-state index contributed by atoms with van der Waals surface area (Å²) in [5, 5.41) is 3.71. The van der Waals surface area contributed by atoms with Crippen LogP contribution in [-0.2, 0) is 0 Å². The van der Waals surface area contributed by atoms with Crippen LogP contribution in [0.5, 0.6) is 0 Å². The van der Waals surface area contributed by atoms with Crippen molar-refractivity contribution in [2.24, 2.45) is 5.41 Å². The third-order valence-electron chi connectivity index (χ3n) is 4.82. The number of likely N-dealkylation sites (tertiary alicyclic amines) is 1. The summed E-state index contributed by atoms with van der Waals surface area (Å²) in [6.45, 7) is 12.3. The number of rotatable bonds is 5. The van der Waals surface area contributed by atoms with Gasteiger partial charge in [0.2, 0.25) is 0 Å². The standard InChI is InChI=1S/C15H31N3/c1-15(2)7-6-8-16-14(15)13-17(3)11-12-18-9-4-5-10-18/h14,16H,4-13H2,1-3H3. The summed E-state index contributed by atoms with van der Waals surface area (Å²) in [4.78, 5) is 5.12. The van der Waals surface area contributed by atoms with Gasteiger partial charge in [0.1, 0.15) is 0 Å². The van der Waals surface area contributed by atoms with E-state index in [9.17, 15) is 0 Å². The molecule has 0 saturated carbocycles. The Hall–Kier alpha value is -0.120. The fraction of sp³-hybridized carbons (Fsp3) is 1.00. The highest BCUT2D eigenvalue weighted by Gasteiger charge is 2.32. The summed E-state index contributed by atoms with van der Waals surface area (Å²) in [5.41, 5.74) is 0.458. The molecule has 0 radical (unpaired) electrons. The van der Waals surface area contributed by atoms with Gasteiger partial charge in [-0.2, -0.15) is 0 Å². The molecule has 1 N–H and O–H groups in total. The molecule has 2 aliphatic rings. The predicted octanol–water partition coefficient (Wildman–Crippen LogP) is 1.79. The first-order valence-electron chi connectivity index (χ1n) is 7.72. The Labute approximate surface area is 113 Å². The minimum atomic E-state index is 0.458. The molecule has 2 aliphatic heterocycles. The van der Waals surface area contributed by atoms with Crippen LogP contribution in [0.4, 0.5) is 0 Å². The number of piperidine rings is 1. The van der Waals surface area contributed by atoms with Gasteiger partial charge >= 0.3 is 0 Å². The SMILES string of the molecule is CN(CCN1CCCC1)CC1NCCCC1(C)C. The van der Waals surface area contributed by atoms with Gasteiger partial charge in [-0.15, -0.1) is 0 Å². The van der Waals surface area contributed by atoms with E-state index in [4.69, 9.17) is 0 Å². The Balaban J connectivity index is 1.70. The molecule has 0 spiro atoms. The molecule has 1 unspecified atom stereocenters. The monoisotopic (exact) mass is 253 g/mol. The maximum absolute atomic E-state index is 3.71. The zero-order valence-electron chi connectivity index (χ0n) is 12.5. The summed E-state index contributed by atoms with van der Waals surface area (Å²) in [5.74, 6) is 0. The first kappa shape index (κ1) is 14.3. The molecular weight excluding hydrogens is 222 g/mol. The predicted molar refractivity (Wildman–Crippen MR) is 78.0 cm³/mol. The average Bonchev–Trinajstić information content (AvgIpc) is 2.82. The molecule has 2 fully saturated rings. The van der Waals surface area contributed by atoms with Crippen molar-refractivity contribution in [1.82, 2.24) is 15.1 Å². The minimum absolute atomic E-state index is 0.458. The third kappa shape index (κ3) is 3.94. The molecule has 18 heavy (non-hydrogen) atoms. The van der Waals surface area contributed by atoms with Crippen molar-refractivity contribution in [3.8, 4) is 0 Å². The van der Waals surface area contributed by atoms with Gasteiger partial charge in [0.25, 0.3) is 0 Å².